The van der Waals surface area contributed by atoms with E-state index in [0.717, 1.165) is 13.0 Å². The Balaban J connectivity index is 0.000000272. The minimum absolute atomic E-state index is 0.338. The van der Waals surface area contributed by atoms with Crippen molar-refractivity contribution in [2.75, 3.05) is 6.54 Å². The number of nitrogens with zero attached hydrogens (tertiary/aromatic N) is 1. The van der Waals surface area contributed by atoms with Crippen LogP contribution in [-0.2, 0) is 14.4 Å². The first-order chi connectivity index (χ1) is 10.0. The third kappa shape index (κ3) is 3.18. The molecular weight excluding hydrogens is 276 g/mol. The highest BCUT2D eigenvalue weighted by molar-refractivity contribution is 5.98. The predicted octanol–water partition coefficient (Wildman–Crippen LogP) is 0.295. The minimum atomic E-state index is -1.23. The van der Waals surface area contributed by atoms with E-state index in [1.54, 1.807) is 6.08 Å². The van der Waals surface area contributed by atoms with Crippen molar-refractivity contribution in [2.45, 2.75) is 6.42 Å². The van der Waals surface area contributed by atoms with Crippen LogP contribution >= 0.6 is 0 Å². The van der Waals surface area contributed by atoms with Gasteiger partial charge in [-0.15, -0.1) is 0 Å². The zero-order valence-electron chi connectivity index (χ0n) is 11.2. The maximum atomic E-state index is 11.6. The molecule has 0 aromatic carbocycles. The van der Waals surface area contributed by atoms with Crippen LogP contribution in [0.5, 0.6) is 0 Å². The monoisotopic (exact) mass is 292 g/mol. The normalized spacial score (nSPS) is 32.1. The first-order valence-corrected chi connectivity index (χ1v) is 6.62. The lowest BCUT2D eigenvalue weighted by atomic mass is 9.71. The lowest BCUT2D eigenvalue weighted by Gasteiger charge is -2.30. The molecule has 21 heavy (non-hydrogen) atoms. The van der Waals surface area contributed by atoms with Gasteiger partial charge in [-0.3, -0.25) is 14.4 Å². The average molecular weight is 292 g/mol. The third-order valence-corrected chi connectivity index (χ3v) is 3.68. The summed E-state index contributed by atoms with van der Waals surface area (Å²) in [4.78, 5) is 33.7. The molecule has 2 bridgehead atoms. The first kappa shape index (κ1) is 15.0. The number of carboxylic acids is 2. The summed E-state index contributed by atoms with van der Waals surface area (Å²) in [6.07, 6.45) is 8.84. The Bertz CT molecular complexity index is 531. The van der Waals surface area contributed by atoms with E-state index in [-0.39, 0.29) is 5.78 Å². The molecule has 0 radical (unpaired) electrons. The number of hydrogen-bond donors (Lipinski definition) is 3. The summed E-state index contributed by atoms with van der Waals surface area (Å²) in [6, 6.07) is 0. The molecule has 0 saturated carbocycles. The fourth-order valence-electron chi connectivity index (χ4n) is 2.67. The van der Waals surface area contributed by atoms with Gasteiger partial charge in [-0.1, -0.05) is 18.2 Å². The topological polar surface area (TPSA) is 116 Å². The third-order valence-electron chi connectivity index (χ3n) is 3.68. The number of carbonyl (C=O) groups is 3. The highest BCUT2D eigenvalue weighted by Gasteiger charge is 2.47. The highest BCUT2D eigenvalue weighted by Crippen LogP contribution is 2.38. The van der Waals surface area contributed by atoms with Crippen molar-refractivity contribution in [3.63, 3.8) is 0 Å². The Hall–Kier alpha value is -2.44. The van der Waals surface area contributed by atoms with Gasteiger partial charge in [-0.25, -0.2) is 0 Å². The molecule has 7 heteroatoms. The van der Waals surface area contributed by atoms with Crippen LogP contribution < -0.4 is 5.43 Å². The Morgan fingerprint density at radius 1 is 1.14 bits per heavy atom. The number of allylic oxidation sites excluding steroid dienone is 4. The van der Waals surface area contributed by atoms with Crippen molar-refractivity contribution in [2.24, 2.45) is 28.8 Å². The second-order valence-electron chi connectivity index (χ2n) is 4.99. The number of fused-ring (bicyclic) bond motifs is 2. The molecule has 4 unspecified atom stereocenters. The van der Waals surface area contributed by atoms with Gasteiger partial charge in [-0.2, -0.15) is 5.10 Å². The van der Waals surface area contributed by atoms with Gasteiger partial charge in [0.05, 0.1) is 17.8 Å². The predicted molar refractivity (Wildman–Crippen MR) is 73.6 cm³/mol. The van der Waals surface area contributed by atoms with Crippen molar-refractivity contribution in [1.82, 2.24) is 5.43 Å². The molecule has 4 rings (SSSR count). The Kier molecular flexibility index (Phi) is 4.52. The lowest BCUT2D eigenvalue weighted by Crippen LogP contribution is -2.41. The molecule has 0 saturated heterocycles. The van der Waals surface area contributed by atoms with Crippen molar-refractivity contribution >= 4 is 23.9 Å². The van der Waals surface area contributed by atoms with Gasteiger partial charge in [0, 0.05) is 25.1 Å². The molecule has 112 valence electrons. The lowest BCUT2D eigenvalue weighted by molar-refractivity contribution is -0.157. The van der Waals surface area contributed by atoms with Gasteiger partial charge in [0.15, 0.2) is 5.78 Å². The summed E-state index contributed by atoms with van der Waals surface area (Å²) >= 11 is 0. The number of carbonyl (C=O) groups excluding carboxylic acids is 1. The molecular formula is C14H16N2O5. The van der Waals surface area contributed by atoms with E-state index < -0.39 is 35.6 Å². The maximum Gasteiger partial charge on any atom is 0.308 e. The van der Waals surface area contributed by atoms with Crippen LogP contribution in [0.3, 0.4) is 0 Å². The number of carboxylic acid groups (broad SMARTS) is 2. The molecule has 0 aromatic rings. The van der Waals surface area contributed by atoms with E-state index in [0.29, 0.717) is 0 Å². The molecule has 7 nitrogen and oxygen atoms in total. The number of ketones is 1. The van der Waals surface area contributed by atoms with Crippen LogP contribution in [0, 0.1) is 23.7 Å². The van der Waals surface area contributed by atoms with E-state index in [1.807, 2.05) is 6.21 Å². The van der Waals surface area contributed by atoms with Crippen LogP contribution in [0.15, 0.2) is 29.4 Å². The number of hydrazone groups is 1. The summed E-state index contributed by atoms with van der Waals surface area (Å²) in [6.45, 7) is 1.03. The highest BCUT2D eigenvalue weighted by atomic mass is 16.4. The molecule has 0 amide bonds. The first-order valence-electron chi connectivity index (χ1n) is 6.62. The van der Waals surface area contributed by atoms with Crippen LogP contribution in [-0.4, -0.2) is 40.7 Å². The second-order valence-corrected chi connectivity index (χ2v) is 4.99. The van der Waals surface area contributed by atoms with E-state index in [4.69, 9.17) is 10.2 Å². The van der Waals surface area contributed by atoms with Crippen LogP contribution in [0.4, 0.5) is 0 Å². The van der Waals surface area contributed by atoms with Gasteiger partial charge in [0.1, 0.15) is 0 Å². The largest absolute Gasteiger partial charge is 0.481 e. The van der Waals surface area contributed by atoms with Crippen molar-refractivity contribution < 1.29 is 24.6 Å². The van der Waals surface area contributed by atoms with Gasteiger partial charge in [-0.05, 0) is 6.08 Å². The summed E-state index contributed by atoms with van der Waals surface area (Å²) in [5, 5.41) is 21.8. The SMILES string of the molecule is C1=NNCC1.O=C1C=CC2C=CC1C(C(=O)O)C2C(=O)O. The van der Waals surface area contributed by atoms with Crippen LogP contribution in [0.2, 0.25) is 0 Å². The molecule has 3 N–H and O–H groups in total. The number of aliphatic carboxylic acids is 2. The van der Waals surface area contributed by atoms with Crippen molar-refractivity contribution in [1.29, 1.82) is 0 Å². The second kappa shape index (κ2) is 6.34. The van der Waals surface area contributed by atoms with E-state index in [2.05, 4.69) is 10.5 Å². The summed E-state index contributed by atoms with van der Waals surface area (Å²) in [7, 11) is 0. The molecule has 4 aliphatic rings. The summed E-state index contributed by atoms with van der Waals surface area (Å²) in [5.41, 5.74) is 2.79. The summed E-state index contributed by atoms with van der Waals surface area (Å²) in [5.74, 6) is -6.34. The fourth-order valence-corrected chi connectivity index (χ4v) is 2.67. The van der Waals surface area contributed by atoms with Crippen LogP contribution in [0.1, 0.15) is 6.42 Å². The van der Waals surface area contributed by atoms with Gasteiger partial charge in [0.2, 0.25) is 0 Å². The standard InChI is InChI=1S/C11H10O5.C3H6N2/c12-7-4-2-5-1-3-6(7)9(11(15)16)8(5)10(13)14;1-2-4-5-3-1/h1-6,8-9H,(H,13,14)(H,15,16);2,5H,1,3H2. The van der Waals surface area contributed by atoms with E-state index in [9.17, 15) is 14.4 Å². The Morgan fingerprint density at radius 2 is 1.86 bits per heavy atom. The summed E-state index contributed by atoms with van der Waals surface area (Å²) < 4.78 is 0. The quantitative estimate of drug-likeness (QED) is 0.630. The number of rotatable bonds is 2. The van der Waals surface area contributed by atoms with Gasteiger partial charge in [0.25, 0.3) is 0 Å². The zero-order chi connectivity index (χ0) is 15.4. The fraction of sp³-hybridized carbons (Fsp3) is 0.429. The smallest absolute Gasteiger partial charge is 0.308 e. The molecule has 4 atom stereocenters. The average Bonchev–Trinajstić information content (AvgIpc) is 2.94. The zero-order valence-corrected chi connectivity index (χ0v) is 11.2. The van der Waals surface area contributed by atoms with Gasteiger partial charge >= 0.3 is 11.9 Å². The van der Waals surface area contributed by atoms with Crippen molar-refractivity contribution in [3.8, 4) is 0 Å². The van der Waals surface area contributed by atoms with Crippen molar-refractivity contribution in [3.05, 3.63) is 24.3 Å². The molecule has 0 fully saturated rings. The van der Waals surface area contributed by atoms with E-state index in [1.165, 1.54) is 18.2 Å². The molecule has 0 aromatic heterocycles. The Labute approximate surface area is 121 Å². The molecule has 1 heterocycles. The van der Waals surface area contributed by atoms with E-state index >= 15 is 0 Å². The number of hydrogen-bond acceptors (Lipinski definition) is 5. The molecule has 0 spiro atoms. The van der Waals surface area contributed by atoms with Crippen LogP contribution in [0.25, 0.3) is 0 Å². The number of nitrogens with one attached hydrogen (secondary N) is 1. The minimum Gasteiger partial charge on any atom is -0.481 e. The Morgan fingerprint density at radius 3 is 2.33 bits per heavy atom. The maximum absolute atomic E-state index is 11.6. The molecule has 1 aliphatic heterocycles. The van der Waals surface area contributed by atoms with Gasteiger partial charge < -0.3 is 15.6 Å². The molecule has 3 aliphatic carbocycles.